The summed E-state index contributed by atoms with van der Waals surface area (Å²) in [6, 6.07) is 9.37. The van der Waals surface area contributed by atoms with Crippen LogP contribution in [0.3, 0.4) is 0 Å². The van der Waals surface area contributed by atoms with Crippen LogP contribution in [-0.2, 0) is 19.7 Å². The van der Waals surface area contributed by atoms with Crippen LogP contribution in [0.2, 0.25) is 0 Å². The highest BCUT2D eigenvalue weighted by Crippen LogP contribution is 2.39. The van der Waals surface area contributed by atoms with E-state index in [2.05, 4.69) is 0 Å². The minimum Gasteiger partial charge on any atom is -0.481 e. The van der Waals surface area contributed by atoms with Crippen molar-refractivity contribution in [3.05, 3.63) is 35.9 Å². The molecule has 1 aliphatic heterocycles. The lowest BCUT2D eigenvalue weighted by atomic mass is 9.73. The van der Waals surface area contributed by atoms with Gasteiger partial charge in [-0.25, -0.2) is 0 Å². The van der Waals surface area contributed by atoms with Crippen molar-refractivity contribution < 1.29 is 19.4 Å². The van der Waals surface area contributed by atoms with Crippen molar-refractivity contribution in [1.82, 2.24) is 4.90 Å². The lowest BCUT2D eigenvalue weighted by Gasteiger charge is -2.39. The number of likely N-dealkylation sites (tertiary alicyclic amines) is 1. The number of amides is 1. The number of hydrogen-bond acceptors (Lipinski definition) is 3. The van der Waals surface area contributed by atoms with E-state index in [1.807, 2.05) is 42.2 Å². The molecule has 1 aromatic carbocycles. The van der Waals surface area contributed by atoms with Crippen LogP contribution < -0.4 is 0 Å². The van der Waals surface area contributed by atoms with E-state index >= 15 is 0 Å². The molecule has 1 saturated carbocycles. The average Bonchev–Trinajstić information content (AvgIpc) is 3.34. The van der Waals surface area contributed by atoms with Crippen molar-refractivity contribution >= 4 is 11.9 Å². The molecule has 0 radical (unpaired) electrons. The molecule has 5 nitrogen and oxygen atoms in total. The van der Waals surface area contributed by atoms with Gasteiger partial charge in [-0.15, -0.1) is 0 Å². The Balaban J connectivity index is 1.67. The van der Waals surface area contributed by atoms with Gasteiger partial charge in [-0.05, 0) is 31.7 Å². The predicted molar refractivity (Wildman–Crippen MR) is 85.1 cm³/mol. The molecular formula is C18H23NO4. The molecule has 1 N–H and O–H groups in total. The van der Waals surface area contributed by atoms with Gasteiger partial charge in [0.05, 0.1) is 17.4 Å². The Morgan fingerprint density at radius 2 is 1.91 bits per heavy atom. The van der Waals surface area contributed by atoms with Crippen LogP contribution in [0.1, 0.15) is 31.7 Å². The number of piperidine rings is 1. The van der Waals surface area contributed by atoms with E-state index in [9.17, 15) is 14.7 Å². The van der Waals surface area contributed by atoms with Gasteiger partial charge in [0.25, 0.3) is 0 Å². The number of carboxylic acids is 1. The number of ether oxygens (including phenoxy) is 1. The van der Waals surface area contributed by atoms with E-state index in [1.165, 1.54) is 0 Å². The number of carboxylic acid groups (broad SMARTS) is 1. The molecule has 1 aliphatic carbocycles. The maximum atomic E-state index is 12.5. The molecule has 1 aromatic rings. The molecule has 3 rings (SSSR count). The zero-order valence-corrected chi connectivity index (χ0v) is 13.4. The Hall–Kier alpha value is -1.88. The first-order valence-corrected chi connectivity index (χ1v) is 8.28. The number of benzene rings is 1. The number of nitrogens with zero attached hydrogens (tertiary/aromatic N) is 1. The maximum Gasteiger partial charge on any atom is 0.314 e. The molecule has 1 amide bonds. The minimum atomic E-state index is -0.874. The molecule has 2 fully saturated rings. The van der Waals surface area contributed by atoms with E-state index in [1.54, 1.807) is 0 Å². The molecule has 1 heterocycles. The highest BCUT2D eigenvalue weighted by Gasteiger charge is 2.49. The van der Waals surface area contributed by atoms with Crippen molar-refractivity contribution in [3.63, 3.8) is 0 Å². The Morgan fingerprint density at radius 1 is 1.26 bits per heavy atom. The quantitative estimate of drug-likeness (QED) is 0.902. The summed E-state index contributed by atoms with van der Waals surface area (Å²) in [5, 5.41) is 9.78. The van der Waals surface area contributed by atoms with Crippen LogP contribution in [0.15, 0.2) is 30.3 Å². The van der Waals surface area contributed by atoms with Crippen molar-refractivity contribution in [1.29, 1.82) is 0 Å². The standard InChI is InChI=1S/C18H23NO4/c1-2-23-15-12-14(15)16(20)19-10-8-18(9-11-19,17(21)22)13-6-4-3-5-7-13/h3-7,14-15H,2,8-12H2,1H3,(H,21,22). The van der Waals surface area contributed by atoms with Gasteiger partial charge >= 0.3 is 5.97 Å². The number of carbonyl (C=O) groups excluding carboxylic acids is 1. The van der Waals surface area contributed by atoms with Crippen molar-refractivity contribution in [3.8, 4) is 0 Å². The number of rotatable bonds is 5. The molecular weight excluding hydrogens is 294 g/mol. The average molecular weight is 317 g/mol. The fraction of sp³-hybridized carbons (Fsp3) is 0.556. The summed E-state index contributed by atoms with van der Waals surface area (Å²) in [7, 11) is 0. The Morgan fingerprint density at radius 3 is 2.48 bits per heavy atom. The van der Waals surface area contributed by atoms with E-state index in [-0.39, 0.29) is 17.9 Å². The molecule has 5 heteroatoms. The lowest BCUT2D eigenvalue weighted by Crippen LogP contribution is -2.49. The van der Waals surface area contributed by atoms with E-state index in [0.717, 1.165) is 12.0 Å². The molecule has 2 atom stereocenters. The Kier molecular flexibility index (Phi) is 4.39. The smallest absolute Gasteiger partial charge is 0.314 e. The lowest BCUT2D eigenvalue weighted by molar-refractivity contribution is -0.148. The summed E-state index contributed by atoms with van der Waals surface area (Å²) in [5.74, 6) is -0.700. The van der Waals surface area contributed by atoms with Crippen molar-refractivity contribution in [2.75, 3.05) is 19.7 Å². The topological polar surface area (TPSA) is 66.8 Å². The van der Waals surface area contributed by atoms with Crippen molar-refractivity contribution in [2.45, 2.75) is 37.7 Å². The van der Waals surface area contributed by atoms with Gasteiger partial charge in [-0.2, -0.15) is 0 Å². The van der Waals surface area contributed by atoms with Crippen molar-refractivity contribution in [2.24, 2.45) is 5.92 Å². The Bertz CT molecular complexity index is 578. The Labute approximate surface area is 136 Å². The fourth-order valence-corrected chi connectivity index (χ4v) is 3.56. The van der Waals surface area contributed by atoms with Gasteiger partial charge in [-0.3, -0.25) is 9.59 Å². The summed E-state index contributed by atoms with van der Waals surface area (Å²) in [5.41, 5.74) is -0.0424. The van der Waals surface area contributed by atoms with Crippen LogP contribution in [-0.4, -0.2) is 47.7 Å². The highest BCUT2D eigenvalue weighted by molar-refractivity contribution is 5.84. The predicted octanol–water partition coefficient (Wildman–Crippen LogP) is 2.06. The van der Waals surface area contributed by atoms with Crippen LogP contribution in [0.5, 0.6) is 0 Å². The van der Waals surface area contributed by atoms with Gasteiger partial charge in [0.1, 0.15) is 0 Å². The molecule has 0 spiro atoms. The number of hydrogen-bond donors (Lipinski definition) is 1. The van der Waals surface area contributed by atoms with Crippen LogP contribution in [0.4, 0.5) is 0 Å². The second-order valence-electron chi connectivity index (χ2n) is 6.41. The molecule has 0 bridgehead atoms. The van der Waals surface area contributed by atoms with Gasteiger partial charge < -0.3 is 14.7 Å². The second-order valence-corrected chi connectivity index (χ2v) is 6.41. The summed E-state index contributed by atoms with van der Waals surface area (Å²) >= 11 is 0. The largest absolute Gasteiger partial charge is 0.481 e. The zero-order chi connectivity index (χ0) is 16.4. The van der Waals surface area contributed by atoms with Gasteiger partial charge in [0, 0.05) is 19.7 Å². The molecule has 2 unspecified atom stereocenters. The SMILES string of the molecule is CCOC1CC1C(=O)N1CCC(C(=O)O)(c2ccccc2)CC1. The van der Waals surface area contributed by atoms with Gasteiger partial charge in [0.15, 0.2) is 0 Å². The molecule has 1 saturated heterocycles. The maximum absolute atomic E-state index is 12.5. The molecule has 23 heavy (non-hydrogen) atoms. The summed E-state index contributed by atoms with van der Waals surface area (Å²) in [4.78, 5) is 26.2. The zero-order valence-electron chi connectivity index (χ0n) is 13.4. The van der Waals surface area contributed by atoms with Crippen LogP contribution in [0.25, 0.3) is 0 Å². The third-order valence-electron chi connectivity index (χ3n) is 5.09. The van der Waals surface area contributed by atoms with Gasteiger partial charge in [-0.1, -0.05) is 30.3 Å². The monoisotopic (exact) mass is 317 g/mol. The first kappa shape index (κ1) is 16.0. The molecule has 2 aliphatic rings. The second kappa shape index (κ2) is 6.32. The van der Waals surface area contributed by atoms with E-state index < -0.39 is 11.4 Å². The van der Waals surface area contributed by atoms with E-state index in [0.29, 0.717) is 32.5 Å². The van der Waals surface area contributed by atoms with E-state index in [4.69, 9.17) is 4.74 Å². The normalized spacial score (nSPS) is 25.9. The summed E-state index contributed by atoms with van der Waals surface area (Å²) < 4.78 is 5.48. The number of carbonyl (C=O) groups is 2. The molecule has 124 valence electrons. The number of aliphatic carboxylic acids is 1. The molecule has 0 aromatic heterocycles. The third kappa shape index (κ3) is 2.98. The third-order valence-corrected chi connectivity index (χ3v) is 5.09. The van der Waals surface area contributed by atoms with Crippen LogP contribution >= 0.6 is 0 Å². The highest BCUT2D eigenvalue weighted by atomic mass is 16.5. The minimum absolute atomic E-state index is 0.0241. The first-order valence-electron chi connectivity index (χ1n) is 8.28. The van der Waals surface area contributed by atoms with Gasteiger partial charge in [0.2, 0.25) is 5.91 Å². The first-order chi connectivity index (χ1) is 11.1. The van der Waals surface area contributed by atoms with Crippen LogP contribution in [0, 0.1) is 5.92 Å². The summed E-state index contributed by atoms with van der Waals surface area (Å²) in [6.45, 7) is 3.55. The fourth-order valence-electron chi connectivity index (χ4n) is 3.56. The summed E-state index contributed by atoms with van der Waals surface area (Å²) in [6.07, 6.45) is 1.79.